The Labute approximate surface area is 97.3 Å². The van der Waals surface area contributed by atoms with Crippen LogP contribution in [0.15, 0.2) is 12.2 Å². The van der Waals surface area contributed by atoms with Gasteiger partial charge in [-0.15, -0.1) is 0 Å². The maximum absolute atomic E-state index is 11.4. The van der Waals surface area contributed by atoms with Crippen molar-refractivity contribution >= 4 is 11.7 Å². The van der Waals surface area contributed by atoms with Crippen molar-refractivity contribution in [1.29, 1.82) is 0 Å². The van der Waals surface area contributed by atoms with Crippen LogP contribution in [0.5, 0.6) is 0 Å². The molecule has 0 unspecified atom stereocenters. The number of ketones is 1. The van der Waals surface area contributed by atoms with Crippen LogP contribution in [0.2, 0.25) is 0 Å². The van der Waals surface area contributed by atoms with Crippen LogP contribution >= 0.6 is 0 Å². The minimum absolute atomic E-state index is 0.0372. The molecule has 16 heavy (non-hydrogen) atoms. The zero-order valence-electron chi connectivity index (χ0n) is 10.00. The normalized spacial score (nSPS) is 19.8. The van der Waals surface area contributed by atoms with Gasteiger partial charge in [0.2, 0.25) is 5.91 Å². The van der Waals surface area contributed by atoms with Gasteiger partial charge in [0, 0.05) is 12.8 Å². The zero-order chi connectivity index (χ0) is 11.8. The molecule has 0 heterocycles. The van der Waals surface area contributed by atoms with Crippen molar-refractivity contribution in [2.45, 2.75) is 57.9 Å². The van der Waals surface area contributed by atoms with Crippen molar-refractivity contribution in [3.8, 4) is 0 Å². The Morgan fingerprint density at radius 2 is 2.25 bits per heavy atom. The SMILES string of the molecule is CCCCC/C=C/CC(=O)N[C@H]1CCC1=O. The van der Waals surface area contributed by atoms with Gasteiger partial charge in [0.15, 0.2) is 5.78 Å². The average molecular weight is 223 g/mol. The third kappa shape index (κ3) is 4.60. The molecule has 0 aromatic rings. The number of carbonyl (C=O) groups is 2. The summed E-state index contributed by atoms with van der Waals surface area (Å²) in [6.07, 6.45) is 10.5. The highest BCUT2D eigenvalue weighted by Gasteiger charge is 2.28. The fraction of sp³-hybridized carbons (Fsp3) is 0.692. The molecule has 0 bridgehead atoms. The lowest BCUT2D eigenvalue weighted by Gasteiger charge is -2.24. The Kier molecular flexibility index (Phi) is 5.83. The molecule has 1 aliphatic carbocycles. The lowest BCUT2D eigenvalue weighted by molar-refractivity contribution is -0.131. The smallest absolute Gasteiger partial charge is 0.224 e. The van der Waals surface area contributed by atoms with Gasteiger partial charge in [0.25, 0.3) is 0 Å². The van der Waals surface area contributed by atoms with E-state index in [0.717, 1.165) is 12.8 Å². The summed E-state index contributed by atoms with van der Waals surface area (Å²) in [7, 11) is 0. The van der Waals surface area contributed by atoms with E-state index in [4.69, 9.17) is 0 Å². The Morgan fingerprint density at radius 3 is 2.81 bits per heavy atom. The van der Waals surface area contributed by atoms with Gasteiger partial charge >= 0.3 is 0 Å². The monoisotopic (exact) mass is 223 g/mol. The lowest BCUT2D eigenvalue weighted by Crippen LogP contribution is -2.47. The number of hydrogen-bond acceptors (Lipinski definition) is 2. The molecular formula is C13H21NO2. The molecule has 0 spiro atoms. The first-order valence-electron chi connectivity index (χ1n) is 6.21. The standard InChI is InChI=1S/C13H21NO2/c1-2-3-4-5-6-7-8-13(16)14-11-9-10-12(11)15/h6-7,11H,2-5,8-10H2,1H3,(H,14,16)/b7-6+/t11-/m0/s1. The number of carbonyl (C=O) groups excluding carboxylic acids is 2. The first-order valence-corrected chi connectivity index (χ1v) is 6.21. The second-order valence-corrected chi connectivity index (χ2v) is 4.30. The van der Waals surface area contributed by atoms with Gasteiger partial charge in [-0.05, 0) is 19.3 Å². The number of amides is 1. The van der Waals surface area contributed by atoms with Crippen molar-refractivity contribution in [2.24, 2.45) is 0 Å². The summed E-state index contributed by atoms with van der Waals surface area (Å²) in [5, 5.41) is 2.73. The van der Waals surface area contributed by atoms with Crippen molar-refractivity contribution in [1.82, 2.24) is 5.32 Å². The lowest BCUT2D eigenvalue weighted by atomic mass is 9.91. The molecular weight excluding hydrogens is 202 g/mol. The molecule has 1 amide bonds. The van der Waals surface area contributed by atoms with Gasteiger partial charge in [0.1, 0.15) is 0 Å². The van der Waals surface area contributed by atoms with Gasteiger partial charge in [-0.3, -0.25) is 9.59 Å². The van der Waals surface area contributed by atoms with Crippen LogP contribution in [0.4, 0.5) is 0 Å². The van der Waals surface area contributed by atoms with Gasteiger partial charge in [-0.2, -0.15) is 0 Å². The van der Waals surface area contributed by atoms with Gasteiger partial charge in [-0.1, -0.05) is 31.9 Å². The maximum atomic E-state index is 11.4. The first-order chi connectivity index (χ1) is 7.74. The largest absolute Gasteiger partial charge is 0.346 e. The topological polar surface area (TPSA) is 46.2 Å². The minimum Gasteiger partial charge on any atom is -0.346 e. The molecule has 1 atom stereocenters. The Morgan fingerprint density at radius 1 is 1.44 bits per heavy atom. The summed E-state index contributed by atoms with van der Waals surface area (Å²) < 4.78 is 0. The van der Waals surface area contributed by atoms with Crippen LogP contribution < -0.4 is 5.32 Å². The molecule has 0 aliphatic heterocycles. The van der Waals surface area contributed by atoms with Crippen LogP contribution in [0.3, 0.4) is 0 Å². The molecule has 0 aromatic carbocycles. The molecule has 1 rings (SSSR count). The predicted molar refractivity (Wildman–Crippen MR) is 64.1 cm³/mol. The second kappa shape index (κ2) is 7.20. The second-order valence-electron chi connectivity index (χ2n) is 4.30. The van der Waals surface area contributed by atoms with Crippen molar-refractivity contribution in [2.75, 3.05) is 0 Å². The molecule has 0 radical (unpaired) electrons. The summed E-state index contributed by atoms with van der Waals surface area (Å²) in [5.41, 5.74) is 0. The van der Waals surface area contributed by atoms with Crippen LogP contribution in [0, 0.1) is 0 Å². The Balaban J connectivity index is 2.03. The Hall–Kier alpha value is -1.12. The molecule has 1 aliphatic rings. The quantitative estimate of drug-likeness (QED) is 0.532. The summed E-state index contributed by atoms with van der Waals surface area (Å²) in [5.74, 6) is 0.130. The van der Waals surface area contributed by atoms with Crippen LogP contribution in [-0.4, -0.2) is 17.7 Å². The summed E-state index contributed by atoms with van der Waals surface area (Å²) in [4.78, 5) is 22.3. The Bertz CT molecular complexity index is 271. The number of Topliss-reactive ketones (excluding diaryl/α,β-unsaturated/α-hetero) is 1. The van der Waals surface area contributed by atoms with E-state index in [9.17, 15) is 9.59 Å². The molecule has 1 fully saturated rings. The molecule has 0 saturated heterocycles. The van der Waals surface area contributed by atoms with E-state index in [0.29, 0.717) is 12.8 Å². The van der Waals surface area contributed by atoms with E-state index < -0.39 is 0 Å². The molecule has 90 valence electrons. The number of allylic oxidation sites excluding steroid dienone is 1. The third-order valence-electron chi connectivity index (χ3n) is 2.85. The highest BCUT2D eigenvalue weighted by Crippen LogP contribution is 2.13. The van der Waals surface area contributed by atoms with Crippen molar-refractivity contribution in [3.63, 3.8) is 0 Å². The van der Waals surface area contributed by atoms with Gasteiger partial charge < -0.3 is 5.32 Å². The highest BCUT2D eigenvalue weighted by molar-refractivity contribution is 5.93. The fourth-order valence-corrected chi connectivity index (χ4v) is 1.63. The minimum atomic E-state index is -0.194. The van der Waals surface area contributed by atoms with E-state index in [1.54, 1.807) is 0 Å². The zero-order valence-corrected chi connectivity index (χ0v) is 10.00. The van der Waals surface area contributed by atoms with Gasteiger partial charge in [0.05, 0.1) is 6.04 Å². The number of unbranched alkanes of at least 4 members (excludes halogenated alkanes) is 3. The first kappa shape index (κ1) is 12.9. The van der Waals surface area contributed by atoms with Gasteiger partial charge in [-0.25, -0.2) is 0 Å². The summed E-state index contributed by atoms with van der Waals surface area (Å²) in [6, 6.07) is -0.194. The van der Waals surface area contributed by atoms with E-state index in [2.05, 4.69) is 18.3 Å². The molecule has 0 aromatic heterocycles. The van der Waals surface area contributed by atoms with E-state index >= 15 is 0 Å². The fourth-order valence-electron chi connectivity index (χ4n) is 1.63. The van der Waals surface area contributed by atoms with E-state index in [1.807, 2.05) is 6.08 Å². The van der Waals surface area contributed by atoms with Crippen LogP contribution in [0.1, 0.15) is 51.9 Å². The molecule has 3 heteroatoms. The number of rotatable bonds is 7. The predicted octanol–water partition coefficient (Wildman–Crippen LogP) is 2.36. The van der Waals surface area contributed by atoms with Crippen molar-refractivity contribution in [3.05, 3.63) is 12.2 Å². The summed E-state index contributed by atoms with van der Waals surface area (Å²) >= 11 is 0. The average Bonchev–Trinajstić information content (AvgIpc) is 2.28. The van der Waals surface area contributed by atoms with E-state index in [-0.39, 0.29) is 17.7 Å². The van der Waals surface area contributed by atoms with Crippen LogP contribution in [0.25, 0.3) is 0 Å². The highest BCUT2D eigenvalue weighted by atomic mass is 16.2. The molecule has 1 N–H and O–H groups in total. The summed E-state index contributed by atoms with van der Waals surface area (Å²) in [6.45, 7) is 2.17. The number of nitrogens with one attached hydrogen (secondary N) is 1. The molecule has 3 nitrogen and oxygen atoms in total. The van der Waals surface area contributed by atoms with E-state index in [1.165, 1.54) is 19.3 Å². The van der Waals surface area contributed by atoms with Crippen LogP contribution in [-0.2, 0) is 9.59 Å². The third-order valence-corrected chi connectivity index (χ3v) is 2.85. The van der Waals surface area contributed by atoms with Crippen molar-refractivity contribution < 1.29 is 9.59 Å². The molecule has 1 saturated carbocycles. The number of hydrogen-bond donors (Lipinski definition) is 1. The maximum Gasteiger partial charge on any atom is 0.224 e.